The van der Waals surface area contributed by atoms with E-state index in [4.69, 9.17) is 9.72 Å². The summed E-state index contributed by atoms with van der Waals surface area (Å²) in [5, 5.41) is 1.11. The molecule has 0 aliphatic carbocycles. The third-order valence-corrected chi connectivity index (χ3v) is 5.42. The average Bonchev–Trinajstić information content (AvgIpc) is 3.06. The highest BCUT2D eigenvalue weighted by Crippen LogP contribution is 2.31. The Balaban J connectivity index is 1.42. The Kier molecular flexibility index (Phi) is 4.32. The molecule has 0 spiro atoms. The van der Waals surface area contributed by atoms with Gasteiger partial charge in [-0.25, -0.2) is 4.98 Å². The van der Waals surface area contributed by atoms with Crippen LogP contribution in [-0.2, 0) is 6.54 Å². The lowest BCUT2D eigenvalue weighted by Crippen LogP contribution is -2.46. The molecule has 0 saturated carbocycles. The number of rotatable bonds is 4. The first-order chi connectivity index (χ1) is 11.8. The highest BCUT2D eigenvalue weighted by atomic mass is 32.1. The Morgan fingerprint density at radius 1 is 1.12 bits per heavy atom. The monoisotopic (exact) mass is 340 g/mol. The smallest absolute Gasteiger partial charge is 0.186 e. The second kappa shape index (κ2) is 6.75. The highest BCUT2D eigenvalue weighted by molar-refractivity contribution is 7.22. The van der Waals surface area contributed by atoms with Crippen molar-refractivity contribution in [2.24, 2.45) is 0 Å². The number of fused-ring (bicyclic) bond motifs is 1. The number of nitrogens with zero attached hydrogens (tertiary/aromatic N) is 4. The van der Waals surface area contributed by atoms with Crippen LogP contribution in [0.15, 0.2) is 42.6 Å². The first-order valence-electron chi connectivity index (χ1n) is 8.13. The molecule has 5 nitrogen and oxygen atoms in total. The Morgan fingerprint density at radius 3 is 2.75 bits per heavy atom. The van der Waals surface area contributed by atoms with Crippen LogP contribution in [0.4, 0.5) is 5.13 Å². The van der Waals surface area contributed by atoms with Crippen molar-refractivity contribution in [3.05, 3.63) is 48.3 Å². The van der Waals surface area contributed by atoms with Crippen molar-refractivity contribution in [2.75, 3.05) is 38.2 Å². The third kappa shape index (κ3) is 3.20. The summed E-state index contributed by atoms with van der Waals surface area (Å²) in [6.45, 7) is 5.00. The molecule has 0 amide bonds. The first kappa shape index (κ1) is 15.4. The molecule has 0 N–H and O–H groups in total. The van der Waals surface area contributed by atoms with Crippen LogP contribution >= 0.6 is 11.3 Å². The van der Waals surface area contributed by atoms with Gasteiger partial charge in [0.25, 0.3) is 0 Å². The SMILES string of the molecule is COc1ccc2nc(N3CCN(Cc4ccccn4)CC3)sc2c1. The quantitative estimate of drug-likeness (QED) is 0.730. The predicted octanol–water partition coefficient (Wildman–Crippen LogP) is 3.02. The highest BCUT2D eigenvalue weighted by Gasteiger charge is 2.20. The molecule has 3 aromatic rings. The topological polar surface area (TPSA) is 41.5 Å². The molecular weight excluding hydrogens is 320 g/mol. The summed E-state index contributed by atoms with van der Waals surface area (Å²) in [6.07, 6.45) is 1.86. The molecule has 1 fully saturated rings. The van der Waals surface area contributed by atoms with E-state index in [0.29, 0.717) is 0 Å². The molecule has 0 bridgehead atoms. The minimum absolute atomic E-state index is 0.887. The Morgan fingerprint density at radius 2 is 2.00 bits per heavy atom. The van der Waals surface area contributed by atoms with Gasteiger partial charge in [-0.15, -0.1) is 0 Å². The van der Waals surface area contributed by atoms with Crippen LogP contribution in [0.5, 0.6) is 5.75 Å². The molecule has 0 unspecified atom stereocenters. The van der Waals surface area contributed by atoms with Gasteiger partial charge in [0.2, 0.25) is 0 Å². The molecular formula is C18H20N4OS. The van der Waals surface area contributed by atoms with Crippen molar-refractivity contribution in [1.82, 2.24) is 14.9 Å². The van der Waals surface area contributed by atoms with Gasteiger partial charge in [0, 0.05) is 38.9 Å². The van der Waals surface area contributed by atoms with E-state index in [1.807, 2.05) is 30.5 Å². The van der Waals surface area contributed by atoms with Gasteiger partial charge in [0.15, 0.2) is 5.13 Å². The number of anilines is 1. The lowest BCUT2D eigenvalue weighted by Gasteiger charge is -2.34. The molecule has 0 radical (unpaired) electrons. The minimum atomic E-state index is 0.887. The minimum Gasteiger partial charge on any atom is -0.497 e. The van der Waals surface area contributed by atoms with Crippen molar-refractivity contribution < 1.29 is 4.74 Å². The maximum absolute atomic E-state index is 5.30. The zero-order valence-electron chi connectivity index (χ0n) is 13.7. The lowest BCUT2D eigenvalue weighted by atomic mass is 10.3. The average molecular weight is 340 g/mol. The largest absolute Gasteiger partial charge is 0.497 e. The van der Waals surface area contributed by atoms with E-state index >= 15 is 0 Å². The van der Waals surface area contributed by atoms with E-state index in [1.54, 1.807) is 18.4 Å². The summed E-state index contributed by atoms with van der Waals surface area (Å²) in [7, 11) is 1.70. The maximum Gasteiger partial charge on any atom is 0.186 e. The van der Waals surface area contributed by atoms with Crippen molar-refractivity contribution in [3.8, 4) is 5.75 Å². The molecule has 1 aliphatic rings. The van der Waals surface area contributed by atoms with E-state index < -0.39 is 0 Å². The fraction of sp³-hybridized carbons (Fsp3) is 0.333. The Hall–Kier alpha value is -2.18. The van der Waals surface area contributed by atoms with Gasteiger partial charge in [-0.3, -0.25) is 9.88 Å². The molecule has 1 saturated heterocycles. The summed E-state index contributed by atoms with van der Waals surface area (Å²) in [5.74, 6) is 0.887. The molecule has 0 atom stereocenters. The molecule has 3 heterocycles. The van der Waals surface area contributed by atoms with Crippen LogP contribution in [0, 0.1) is 0 Å². The number of hydrogen-bond acceptors (Lipinski definition) is 6. The number of methoxy groups -OCH3 is 1. The molecule has 1 aliphatic heterocycles. The van der Waals surface area contributed by atoms with E-state index in [1.165, 1.54) is 4.70 Å². The Bertz CT molecular complexity index is 812. The standard InChI is InChI=1S/C18H20N4OS/c1-23-15-5-6-16-17(12-15)24-18(20-16)22-10-8-21(9-11-22)13-14-4-2-3-7-19-14/h2-7,12H,8-11,13H2,1H3. The van der Waals surface area contributed by atoms with Gasteiger partial charge >= 0.3 is 0 Å². The number of aromatic nitrogens is 2. The van der Waals surface area contributed by atoms with Crippen LogP contribution in [0.3, 0.4) is 0 Å². The molecule has 1 aromatic carbocycles. The molecule has 6 heteroatoms. The number of hydrogen-bond donors (Lipinski definition) is 0. The molecule has 24 heavy (non-hydrogen) atoms. The van der Waals surface area contributed by atoms with Crippen LogP contribution in [0.1, 0.15) is 5.69 Å². The van der Waals surface area contributed by atoms with Gasteiger partial charge in [0.05, 0.1) is 23.0 Å². The third-order valence-electron chi connectivity index (χ3n) is 4.34. The molecule has 4 rings (SSSR count). The van der Waals surface area contributed by atoms with Gasteiger partial charge in [0.1, 0.15) is 5.75 Å². The van der Waals surface area contributed by atoms with Crippen molar-refractivity contribution in [3.63, 3.8) is 0 Å². The molecule has 124 valence electrons. The summed E-state index contributed by atoms with van der Waals surface area (Å²) in [5.41, 5.74) is 2.18. The van der Waals surface area contributed by atoms with E-state index in [0.717, 1.165) is 54.8 Å². The fourth-order valence-corrected chi connectivity index (χ4v) is 4.02. The van der Waals surface area contributed by atoms with Gasteiger partial charge in [-0.2, -0.15) is 0 Å². The normalized spacial score (nSPS) is 15.8. The van der Waals surface area contributed by atoms with E-state index in [9.17, 15) is 0 Å². The van der Waals surface area contributed by atoms with E-state index in [-0.39, 0.29) is 0 Å². The summed E-state index contributed by atoms with van der Waals surface area (Å²) in [6, 6.07) is 12.2. The number of thiazole rings is 1. The number of pyridine rings is 1. The van der Waals surface area contributed by atoms with E-state index in [2.05, 4.69) is 26.9 Å². The summed E-state index contributed by atoms with van der Waals surface area (Å²) >= 11 is 1.74. The molecule has 2 aromatic heterocycles. The lowest BCUT2D eigenvalue weighted by molar-refractivity contribution is 0.247. The summed E-state index contributed by atoms with van der Waals surface area (Å²) < 4.78 is 6.48. The zero-order chi connectivity index (χ0) is 16.4. The van der Waals surface area contributed by atoms with Crippen molar-refractivity contribution >= 4 is 26.7 Å². The zero-order valence-corrected chi connectivity index (χ0v) is 14.5. The second-order valence-corrected chi connectivity index (χ2v) is 6.92. The second-order valence-electron chi connectivity index (χ2n) is 5.91. The summed E-state index contributed by atoms with van der Waals surface area (Å²) in [4.78, 5) is 14.0. The Labute approximate surface area is 145 Å². The van der Waals surface area contributed by atoms with Gasteiger partial charge < -0.3 is 9.64 Å². The van der Waals surface area contributed by atoms with Gasteiger partial charge in [-0.05, 0) is 30.3 Å². The number of piperazine rings is 1. The van der Waals surface area contributed by atoms with Crippen LogP contribution in [0.25, 0.3) is 10.2 Å². The number of ether oxygens (including phenoxy) is 1. The van der Waals surface area contributed by atoms with Crippen LogP contribution in [-0.4, -0.2) is 48.2 Å². The maximum atomic E-state index is 5.30. The van der Waals surface area contributed by atoms with Crippen LogP contribution in [0.2, 0.25) is 0 Å². The van der Waals surface area contributed by atoms with Crippen molar-refractivity contribution in [2.45, 2.75) is 6.54 Å². The van der Waals surface area contributed by atoms with Crippen molar-refractivity contribution in [1.29, 1.82) is 0 Å². The first-order valence-corrected chi connectivity index (χ1v) is 8.95. The van der Waals surface area contributed by atoms with Gasteiger partial charge in [-0.1, -0.05) is 17.4 Å². The number of benzene rings is 1. The fourth-order valence-electron chi connectivity index (χ4n) is 2.97. The predicted molar refractivity (Wildman–Crippen MR) is 97.9 cm³/mol. The van der Waals surface area contributed by atoms with Crippen LogP contribution < -0.4 is 9.64 Å².